The second-order valence-corrected chi connectivity index (χ2v) is 8.24. The molecule has 4 nitrogen and oxygen atoms in total. The Morgan fingerprint density at radius 2 is 1.71 bits per heavy atom. The van der Waals surface area contributed by atoms with Crippen LogP contribution in [-0.4, -0.2) is 29.8 Å². The largest absolute Gasteiger partial charge is 0.338 e. The summed E-state index contributed by atoms with van der Waals surface area (Å²) in [5.74, 6) is 0.205. The van der Waals surface area contributed by atoms with Crippen LogP contribution in [0.3, 0.4) is 0 Å². The maximum atomic E-state index is 12.8. The molecule has 0 bridgehead atoms. The Morgan fingerprint density at radius 3 is 2.36 bits per heavy atom. The highest BCUT2D eigenvalue weighted by Crippen LogP contribution is 2.28. The van der Waals surface area contributed by atoms with Crippen LogP contribution in [0.15, 0.2) is 42.5 Å². The number of carbonyl (C=O) groups excluding carboxylic acids is 2. The molecule has 0 aromatic heterocycles. The SMILES string of the molecule is C[C@H]1CCCC[C@@H]1N(C)C(=O)c1ccc(NC(=O)c2ccc(Cl)cc2Cl)cc1. The molecule has 1 aliphatic carbocycles. The third-order valence-corrected chi connectivity index (χ3v) is 6.00. The average molecular weight is 419 g/mol. The van der Waals surface area contributed by atoms with E-state index in [2.05, 4.69) is 12.2 Å². The number of amides is 2. The van der Waals surface area contributed by atoms with Crippen molar-refractivity contribution in [1.29, 1.82) is 0 Å². The van der Waals surface area contributed by atoms with Crippen LogP contribution in [0.5, 0.6) is 0 Å². The quantitative estimate of drug-likeness (QED) is 0.671. The highest BCUT2D eigenvalue weighted by molar-refractivity contribution is 6.37. The number of anilines is 1. The summed E-state index contributed by atoms with van der Waals surface area (Å²) < 4.78 is 0. The van der Waals surface area contributed by atoms with Crippen LogP contribution in [-0.2, 0) is 0 Å². The summed E-state index contributed by atoms with van der Waals surface area (Å²) in [7, 11) is 1.88. The van der Waals surface area contributed by atoms with Gasteiger partial charge >= 0.3 is 0 Å². The topological polar surface area (TPSA) is 49.4 Å². The summed E-state index contributed by atoms with van der Waals surface area (Å²) in [6.45, 7) is 2.22. The zero-order valence-corrected chi connectivity index (χ0v) is 17.6. The summed E-state index contributed by atoms with van der Waals surface area (Å²) in [6.07, 6.45) is 4.64. The molecule has 28 heavy (non-hydrogen) atoms. The minimum absolute atomic E-state index is 0.0115. The summed E-state index contributed by atoms with van der Waals surface area (Å²) in [6, 6.07) is 12.0. The van der Waals surface area contributed by atoms with Crippen molar-refractivity contribution in [2.75, 3.05) is 12.4 Å². The highest BCUT2D eigenvalue weighted by Gasteiger charge is 2.28. The maximum Gasteiger partial charge on any atom is 0.257 e. The Morgan fingerprint density at radius 1 is 1.04 bits per heavy atom. The third kappa shape index (κ3) is 4.68. The Labute approximate surface area is 175 Å². The van der Waals surface area contributed by atoms with E-state index in [1.165, 1.54) is 25.3 Å². The van der Waals surface area contributed by atoms with Crippen molar-refractivity contribution in [2.24, 2.45) is 5.92 Å². The fraction of sp³-hybridized carbons (Fsp3) is 0.364. The Balaban J connectivity index is 1.67. The zero-order chi connectivity index (χ0) is 20.3. The van der Waals surface area contributed by atoms with E-state index in [0.29, 0.717) is 32.8 Å². The summed E-state index contributed by atoms with van der Waals surface area (Å²) in [4.78, 5) is 27.1. The molecule has 0 aliphatic heterocycles. The van der Waals surface area contributed by atoms with Crippen LogP contribution < -0.4 is 5.32 Å². The van der Waals surface area contributed by atoms with Gasteiger partial charge in [0.05, 0.1) is 10.6 Å². The van der Waals surface area contributed by atoms with Crippen LogP contribution in [0.2, 0.25) is 10.0 Å². The first-order chi connectivity index (χ1) is 13.4. The number of hydrogen-bond donors (Lipinski definition) is 1. The molecule has 1 N–H and O–H groups in total. The molecule has 6 heteroatoms. The molecule has 0 spiro atoms. The van der Waals surface area contributed by atoms with Crippen molar-refractivity contribution in [3.8, 4) is 0 Å². The molecule has 3 rings (SSSR count). The predicted octanol–water partition coefficient (Wildman–Crippen LogP) is 5.90. The lowest BCUT2D eigenvalue weighted by molar-refractivity contribution is 0.0629. The Hall–Kier alpha value is -2.04. The minimum Gasteiger partial charge on any atom is -0.338 e. The number of rotatable bonds is 4. The lowest BCUT2D eigenvalue weighted by Crippen LogP contribution is -2.42. The fourth-order valence-corrected chi connectivity index (χ4v) is 4.29. The molecule has 148 valence electrons. The van der Waals surface area contributed by atoms with Crippen molar-refractivity contribution in [3.63, 3.8) is 0 Å². The molecule has 1 fully saturated rings. The molecular weight excluding hydrogens is 395 g/mol. The van der Waals surface area contributed by atoms with Crippen molar-refractivity contribution >= 4 is 40.7 Å². The molecule has 2 amide bonds. The van der Waals surface area contributed by atoms with Gasteiger partial charge in [0, 0.05) is 29.4 Å². The molecule has 2 aromatic carbocycles. The molecule has 0 heterocycles. The monoisotopic (exact) mass is 418 g/mol. The lowest BCUT2D eigenvalue weighted by atomic mass is 9.85. The molecule has 2 aromatic rings. The summed E-state index contributed by atoms with van der Waals surface area (Å²) >= 11 is 11.9. The Kier molecular flexibility index (Phi) is 6.63. The van der Waals surface area contributed by atoms with Gasteiger partial charge in [-0.1, -0.05) is 43.0 Å². The first-order valence-electron chi connectivity index (χ1n) is 9.50. The van der Waals surface area contributed by atoms with E-state index in [4.69, 9.17) is 23.2 Å². The molecule has 2 atom stereocenters. The van der Waals surface area contributed by atoms with Gasteiger partial charge in [-0.05, 0) is 61.2 Å². The number of nitrogens with zero attached hydrogens (tertiary/aromatic N) is 1. The number of benzene rings is 2. The van der Waals surface area contributed by atoms with Crippen LogP contribution >= 0.6 is 23.2 Å². The molecule has 0 unspecified atom stereocenters. The van der Waals surface area contributed by atoms with Crippen molar-refractivity contribution < 1.29 is 9.59 Å². The minimum atomic E-state index is -0.325. The van der Waals surface area contributed by atoms with Gasteiger partial charge in [0.25, 0.3) is 11.8 Å². The number of carbonyl (C=O) groups is 2. The Bertz CT molecular complexity index is 867. The van der Waals surface area contributed by atoms with Gasteiger partial charge in [-0.3, -0.25) is 9.59 Å². The normalized spacial score (nSPS) is 19.1. The highest BCUT2D eigenvalue weighted by atomic mass is 35.5. The third-order valence-electron chi connectivity index (χ3n) is 5.45. The second kappa shape index (κ2) is 8.97. The van der Waals surface area contributed by atoms with E-state index in [1.54, 1.807) is 36.4 Å². The van der Waals surface area contributed by atoms with E-state index < -0.39 is 0 Å². The first kappa shape index (κ1) is 20.7. The standard InChI is InChI=1S/C22H24Cl2N2O2/c1-14-5-3-4-6-20(14)26(2)22(28)15-7-10-17(11-8-15)25-21(27)18-12-9-16(23)13-19(18)24/h7-14,20H,3-6H2,1-2H3,(H,25,27)/t14-,20-/m0/s1. The van der Waals surface area contributed by atoms with Gasteiger partial charge in [0.2, 0.25) is 0 Å². The maximum absolute atomic E-state index is 12.8. The van der Waals surface area contributed by atoms with Gasteiger partial charge < -0.3 is 10.2 Å². The van der Waals surface area contributed by atoms with Crippen LogP contribution in [0.1, 0.15) is 53.3 Å². The van der Waals surface area contributed by atoms with Gasteiger partial charge in [-0.2, -0.15) is 0 Å². The lowest BCUT2D eigenvalue weighted by Gasteiger charge is -2.36. The molecular formula is C22H24Cl2N2O2. The summed E-state index contributed by atoms with van der Waals surface area (Å²) in [5.41, 5.74) is 1.56. The van der Waals surface area contributed by atoms with E-state index in [9.17, 15) is 9.59 Å². The van der Waals surface area contributed by atoms with Gasteiger partial charge in [0.15, 0.2) is 0 Å². The van der Waals surface area contributed by atoms with Crippen molar-refractivity contribution in [3.05, 3.63) is 63.6 Å². The smallest absolute Gasteiger partial charge is 0.257 e. The average Bonchev–Trinajstić information content (AvgIpc) is 2.67. The first-order valence-corrected chi connectivity index (χ1v) is 10.3. The second-order valence-electron chi connectivity index (χ2n) is 7.40. The summed E-state index contributed by atoms with van der Waals surface area (Å²) in [5, 5.41) is 3.56. The van der Waals surface area contributed by atoms with Crippen molar-refractivity contribution in [1.82, 2.24) is 4.90 Å². The fourth-order valence-electron chi connectivity index (χ4n) is 3.79. The van der Waals surface area contributed by atoms with E-state index in [1.807, 2.05) is 11.9 Å². The van der Waals surface area contributed by atoms with E-state index in [0.717, 1.165) is 6.42 Å². The van der Waals surface area contributed by atoms with Crippen LogP contribution in [0, 0.1) is 5.92 Å². The van der Waals surface area contributed by atoms with Gasteiger partial charge in [0.1, 0.15) is 0 Å². The predicted molar refractivity (Wildman–Crippen MR) is 114 cm³/mol. The molecule has 0 radical (unpaired) electrons. The van der Waals surface area contributed by atoms with Crippen LogP contribution in [0.25, 0.3) is 0 Å². The van der Waals surface area contributed by atoms with Crippen molar-refractivity contribution in [2.45, 2.75) is 38.6 Å². The van der Waals surface area contributed by atoms with Gasteiger partial charge in [-0.25, -0.2) is 0 Å². The number of halogens is 2. The number of nitrogens with one attached hydrogen (secondary N) is 1. The van der Waals surface area contributed by atoms with E-state index >= 15 is 0 Å². The van der Waals surface area contributed by atoms with Gasteiger partial charge in [-0.15, -0.1) is 0 Å². The molecule has 1 saturated carbocycles. The number of hydrogen-bond acceptors (Lipinski definition) is 2. The molecule has 0 saturated heterocycles. The molecule has 1 aliphatic rings. The van der Waals surface area contributed by atoms with Crippen LogP contribution in [0.4, 0.5) is 5.69 Å². The zero-order valence-electron chi connectivity index (χ0n) is 16.0. The van der Waals surface area contributed by atoms with E-state index in [-0.39, 0.29) is 17.9 Å².